The topological polar surface area (TPSA) is 115 Å². The zero-order chi connectivity index (χ0) is 18.7. The molecule has 26 heavy (non-hydrogen) atoms. The monoisotopic (exact) mass is 371 g/mol. The Morgan fingerprint density at radius 1 is 1.15 bits per heavy atom. The Balaban J connectivity index is 1.74. The van der Waals surface area contributed by atoms with Crippen molar-refractivity contribution < 1.29 is 17.6 Å². The average molecular weight is 371 g/mol. The van der Waals surface area contributed by atoms with Crippen LogP contribution in [-0.2, 0) is 16.6 Å². The number of carbonyl (C=O) groups is 1. The highest BCUT2D eigenvalue weighted by Gasteiger charge is 2.19. The van der Waals surface area contributed by atoms with Crippen LogP contribution in [0.25, 0.3) is 11.3 Å². The minimum atomic E-state index is -3.74. The molecule has 2 aromatic carbocycles. The molecular weight excluding hydrogens is 354 g/mol. The minimum Gasteiger partial charge on any atom is -0.443 e. The largest absolute Gasteiger partial charge is 0.443 e. The number of primary sulfonamides is 1. The molecule has 0 radical (unpaired) electrons. The van der Waals surface area contributed by atoms with Crippen LogP contribution in [-0.4, -0.2) is 19.3 Å². The van der Waals surface area contributed by atoms with Crippen molar-refractivity contribution in [1.29, 1.82) is 0 Å². The third kappa shape index (κ3) is 3.81. The number of nitrogens with zero attached hydrogens (tertiary/aromatic N) is 1. The molecule has 0 aliphatic rings. The lowest BCUT2D eigenvalue weighted by Crippen LogP contribution is -2.23. The van der Waals surface area contributed by atoms with Gasteiger partial charge in [0.25, 0.3) is 5.91 Å². The molecule has 3 rings (SSSR count). The van der Waals surface area contributed by atoms with Crippen molar-refractivity contribution in [3.05, 3.63) is 71.7 Å². The van der Waals surface area contributed by atoms with Gasteiger partial charge in [0.2, 0.25) is 10.0 Å². The van der Waals surface area contributed by atoms with E-state index in [0.717, 1.165) is 16.7 Å². The molecule has 3 aromatic rings. The van der Waals surface area contributed by atoms with E-state index in [2.05, 4.69) is 10.3 Å². The summed E-state index contributed by atoms with van der Waals surface area (Å²) in [5, 5.41) is 7.81. The Bertz CT molecular complexity index is 1040. The number of hydrogen-bond acceptors (Lipinski definition) is 5. The number of nitrogens with two attached hydrogens (primary N) is 1. The van der Waals surface area contributed by atoms with Crippen LogP contribution in [0.5, 0.6) is 0 Å². The zero-order valence-corrected chi connectivity index (χ0v) is 14.8. The van der Waals surface area contributed by atoms with Gasteiger partial charge in [0.05, 0.1) is 4.90 Å². The summed E-state index contributed by atoms with van der Waals surface area (Å²) in [4.78, 5) is 16.5. The first kappa shape index (κ1) is 17.8. The van der Waals surface area contributed by atoms with E-state index in [1.54, 1.807) is 12.1 Å². The smallest absolute Gasteiger partial charge is 0.274 e. The molecule has 1 aromatic heterocycles. The van der Waals surface area contributed by atoms with Crippen LogP contribution in [0.1, 0.15) is 21.6 Å². The molecule has 1 amide bonds. The zero-order valence-electron chi connectivity index (χ0n) is 14.0. The summed E-state index contributed by atoms with van der Waals surface area (Å²) in [6, 6.07) is 13.5. The number of hydrogen-bond donors (Lipinski definition) is 2. The molecule has 0 bridgehead atoms. The predicted octanol–water partition coefficient (Wildman–Crippen LogP) is 2.23. The highest BCUT2D eigenvalue weighted by Crippen LogP contribution is 2.26. The Labute approximate surface area is 150 Å². The molecule has 0 atom stereocenters. The van der Waals surface area contributed by atoms with Gasteiger partial charge in [-0.1, -0.05) is 36.4 Å². The lowest BCUT2D eigenvalue weighted by molar-refractivity contribution is 0.0946. The minimum absolute atomic E-state index is 0.0194. The Morgan fingerprint density at radius 2 is 1.85 bits per heavy atom. The van der Waals surface area contributed by atoms with Crippen molar-refractivity contribution in [1.82, 2.24) is 10.3 Å². The van der Waals surface area contributed by atoms with Crippen LogP contribution in [0.3, 0.4) is 0 Å². The van der Waals surface area contributed by atoms with Gasteiger partial charge >= 0.3 is 0 Å². The summed E-state index contributed by atoms with van der Waals surface area (Å²) in [6.07, 6.45) is 1.23. The molecule has 0 fully saturated rings. The van der Waals surface area contributed by atoms with Gasteiger partial charge in [-0.2, -0.15) is 0 Å². The normalized spacial score (nSPS) is 11.3. The second-order valence-corrected chi connectivity index (χ2v) is 7.28. The maximum absolute atomic E-state index is 12.5. The van der Waals surface area contributed by atoms with Crippen LogP contribution in [0.15, 0.2) is 64.2 Å². The number of aryl methyl sites for hydroxylation is 1. The van der Waals surface area contributed by atoms with Crippen molar-refractivity contribution in [2.45, 2.75) is 18.4 Å². The quantitative estimate of drug-likeness (QED) is 0.713. The Hall–Kier alpha value is -2.97. The number of oxazole rings is 1. The number of nitrogens with one attached hydrogen (secondary N) is 1. The van der Waals surface area contributed by atoms with Gasteiger partial charge in [-0.3, -0.25) is 4.79 Å². The highest BCUT2D eigenvalue weighted by molar-refractivity contribution is 7.89. The fourth-order valence-electron chi connectivity index (χ4n) is 2.49. The summed E-state index contributed by atoms with van der Waals surface area (Å²) >= 11 is 0. The summed E-state index contributed by atoms with van der Waals surface area (Å²) in [5.74, 6) is 0.0256. The van der Waals surface area contributed by atoms with Gasteiger partial charge < -0.3 is 9.73 Å². The maximum atomic E-state index is 12.5. The second kappa shape index (κ2) is 7.11. The van der Waals surface area contributed by atoms with Crippen molar-refractivity contribution in [3.63, 3.8) is 0 Å². The fourth-order valence-corrected chi connectivity index (χ4v) is 3.01. The predicted molar refractivity (Wildman–Crippen MR) is 95.7 cm³/mol. The molecule has 1 heterocycles. The van der Waals surface area contributed by atoms with Crippen LogP contribution in [0.4, 0.5) is 0 Å². The molecule has 7 nitrogen and oxygen atoms in total. The number of amides is 1. The van der Waals surface area contributed by atoms with Gasteiger partial charge in [-0.05, 0) is 30.2 Å². The first-order chi connectivity index (χ1) is 12.4. The van der Waals surface area contributed by atoms with Crippen molar-refractivity contribution in [3.8, 4) is 11.3 Å². The van der Waals surface area contributed by atoms with Gasteiger partial charge in [0.1, 0.15) is 0 Å². The molecule has 0 saturated heterocycles. The molecule has 0 saturated carbocycles. The maximum Gasteiger partial charge on any atom is 0.274 e. The second-order valence-electron chi connectivity index (χ2n) is 5.72. The lowest BCUT2D eigenvalue weighted by Gasteiger charge is -2.07. The summed E-state index contributed by atoms with van der Waals surface area (Å²) in [5.41, 5.74) is 2.69. The number of aromatic nitrogens is 1. The van der Waals surface area contributed by atoms with Gasteiger partial charge in [0, 0.05) is 12.1 Å². The van der Waals surface area contributed by atoms with Crippen molar-refractivity contribution in [2.75, 3.05) is 0 Å². The fraction of sp³-hybridized carbons (Fsp3) is 0.111. The molecule has 0 aliphatic heterocycles. The van der Waals surface area contributed by atoms with Crippen molar-refractivity contribution >= 4 is 15.9 Å². The SMILES string of the molecule is Cc1ccccc1-c1ocnc1C(=O)NCc1ccc(S(N)(=O)=O)cc1. The standard InChI is InChI=1S/C18H17N3O4S/c1-12-4-2-3-5-15(12)17-16(21-11-25-17)18(22)20-10-13-6-8-14(9-7-13)26(19,23)24/h2-9,11H,10H2,1H3,(H,20,22)(H2,19,23,24). The van der Waals surface area contributed by atoms with Gasteiger partial charge in [-0.15, -0.1) is 0 Å². The van der Waals surface area contributed by atoms with E-state index in [1.165, 1.54) is 18.5 Å². The van der Waals surface area contributed by atoms with E-state index in [0.29, 0.717) is 5.76 Å². The number of carbonyl (C=O) groups excluding carboxylic acids is 1. The number of rotatable bonds is 5. The third-order valence-electron chi connectivity index (χ3n) is 3.88. The summed E-state index contributed by atoms with van der Waals surface area (Å²) in [7, 11) is -3.74. The van der Waals surface area contributed by atoms with E-state index in [1.807, 2.05) is 31.2 Å². The Morgan fingerprint density at radius 3 is 2.50 bits per heavy atom. The molecular formula is C18H17N3O4S. The van der Waals surface area contributed by atoms with Crippen molar-refractivity contribution in [2.24, 2.45) is 5.14 Å². The van der Waals surface area contributed by atoms with E-state index in [-0.39, 0.29) is 23.0 Å². The molecule has 8 heteroatoms. The van der Waals surface area contributed by atoms with E-state index < -0.39 is 10.0 Å². The first-order valence-corrected chi connectivity index (χ1v) is 9.30. The molecule has 0 unspecified atom stereocenters. The highest BCUT2D eigenvalue weighted by atomic mass is 32.2. The molecule has 3 N–H and O–H groups in total. The van der Waals surface area contributed by atoms with Gasteiger partial charge in [-0.25, -0.2) is 18.5 Å². The number of benzene rings is 2. The lowest BCUT2D eigenvalue weighted by atomic mass is 10.1. The average Bonchev–Trinajstić information content (AvgIpc) is 3.09. The molecule has 0 aliphatic carbocycles. The molecule has 0 spiro atoms. The van der Waals surface area contributed by atoms with E-state index in [4.69, 9.17) is 9.56 Å². The van der Waals surface area contributed by atoms with E-state index in [9.17, 15) is 13.2 Å². The van der Waals surface area contributed by atoms with Crippen LogP contribution in [0, 0.1) is 6.92 Å². The Kier molecular flexibility index (Phi) is 4.88. The van der Waals surface area contributed by atoms with Gasteiger partial charge in [0.15, 0.2) is 17.8 Å². The summed E-state index contributed by atoms with van der Waals surface area (Å²) in [6.45, 7) is 2.14. The van der Waals surface area contributed by atoms with Crippen LogP contribution >= 0.6 is 0 Å². The van der Waals surface area contributed by atoms with Crippen LogP contribution < -0.4 is 10.5 Å². The van der Waals surface area contributed by atoms with E-state index >= 15 is 0 Å². The molecule has 134 valence electrons. The third-order valence-corrected chi connectivity index (χ3v) is 4.81. The van der Waals surface area contributed by atoms with Crippen LogP contribution in [0.2, 0.25) is 0 Å². The summed E-state index contributed by atoms with van der Waals surface area (Å²) < 4.78 is 27.9. The number of sulfonamides is 1. The first-order valence-electron chi connectivity index (χ1n) is 7.75.